The van der Waals surface area contributed by atoms with Gasteiger partial charge in [-0.15, -0.1) is 0 Å². The van der Waals surface area contributed by atoms with Crippen molar-refractivity contribution < 1.29 is 13.2 Å². The van der Waals surface area contributed by atoms with Crippen LogP contribution in [0, 0.1) is 6.92 Å². The Bertz CT molecular complexity index is 1090. The molecular weight excluding hydrogens is 388 g/mol. The van der Waals surface area contributed by atoms with E-state index < -0.39 is 10.0 Å². The van der Waals surface area contributed by atoms with Crippen LogP contribution in [0.15, 0.2) is 65.6 Å². The Morgan fingerprint density at radius 1 is 1.10 bits per heavy atom. The summed E-state index contributed by atoms with van der Waals surface area (Å²) in [5, 5.41) is 6.96. The van der Waals surface area contributed by atoms with Crippen molar-refractivity contribution in [1.82, 2.24) is 14.1 Å². The molecule has 1 aromatic heterocycles. The summed E-state index contributed by atoms with van der Waals surface area (Å²) in [5.74, 6) is 0.248. The van der Waals surface area contributed by atoms with Crippen molar-refractivity contribution in [2.24, 2.45) is 7.05 Å². The van der Waals surface area contributed by atoms with Gasteiger partial charge < -0.3 is 5.32 Å². The first kappa shape index (κ1) is 20.8. The Morgan fingerprint density at radius 2 is 1.76 bits per heavy atom. The molecule has 0 bridgehead atoms. The van der Waals surface area contributed by atoms with Gasteiger partial charge in [0.05, 0.1) is 10.6 Å². The van der Waals surface area contributed by atoms with E-state index in [2.05, 4.69) is 10.4 Å². The maximum atomic E-state index is 13.0. The summed E-state index contributed by atoms with van der Waals surface area (Å²) >= 11 is 0. The maximum Gasteiger partial charge on any atom is 0.256 e. The quantitative estimate of drug-likeness (QED) is 0.646. The van der Waals surface area contributed by atoms with Crippen LogP contribution in [0.3, 0.4) is 0 Å². The highest BCUT2D eigenvalue weighted by molar-refractivity contribution is 7.89. The molecule has 8 heteroatoms. The third kappa shape index (κ3) is 4.72. The van der Waals surface area contributed by atoms with Gasteiger partial charge >= 0.3 is 0 Å². The van der Waals surface area contributed by atoms with E-state index in [9.17, 15) is 13.2 Å². The molecule has 0 aliphatic heterocycles. The third-order valence-corrected chi connectivity index (χ3v) is 6.49. The Kier molecular flexibility index (Phi) is 6.14. The van der Waals surface area contributed by atoms with E-state index in [1.807, 2.05) is 37.3 Å². The molecule has 0 aliphatic rings. The summed E-state index contributed by atoms with van der Waals surface area (Å²) in [6.45, 7) is 4.28. The lowest BCUT2D eigenvalue weighted by atomic mass is 10.2. The normalized spacial score (nSPS) is 11.6. The first-order chi connectivity index (χ1) is 13.8. The third-order valence-electron chi connectivity index (χ3n) is 4.55. The minimum atomic E-state index is -3.67. The molecule has 29 heavy (non-hydrogen) atoms. The van der Waals surface area contributed by atoms with Gasteiger partial charge in [0.2, 0.25) is 10.0 Å². The zero-order chi connectivity index (χ0) is 21.0. The Hall–Kier alpha value is -2.97. The lowest BCUT2D eigenvalue weighted by molar-refractivity contribution is 0.102. The molecule has 1 heterocycles. The summed E-state index contributed by atoms with van der Waals surface area (Å²) in [5.41, 5.74) is 2.08. The van der Waals surface area contributed by atoms with E-state index in [0.29, 0.717) is 24.5 Å². The lowest BCUT2D eigenvalue weighted by Gasteiger charge is -2.20. The van der Waals surface area contributed by atoms with E-state index in [4.69, 9.17) is 0 Å². The van der Waals surface area contributed by atoms with Crippen LogP contribution in [0.5, 0.6) is 0 Å². The number of hydrogen-bond donors (Lipinski definition) is 1. The van der Waals surface area contributed by atoms with Crippen molar-refractivity contribution >= 4 is 21.7 Å². The van der Waals surface area contributed by atoms with Gasteiger partial charge in [-0.2, -0.15) is 9.40 Å². The average molecular weight is 413 g/mol. The molecule has 0 radical (unpaired) electrons. The fraction of sp³-hybridized carbons (Fsp3) is 0.238. The van der Waals surface area contributed by atoms with Gasteiger partial charge in [-0.1, -0.05) is 37.3 Å². The molecule has 1 amide bonds. The number of aryl methyl sites for hydroxylation is 2. The van der Waals surface area contributed by atoms with Gasteiger partial charge in [0, 0.05) is 31.8 Å². The van der Waals surface area contributed by atoms with Crippen LogP contribution < -0.4 is 5.32 Å². The summed E-state index contributed by atoms with van der Waals surface area (Å²) in [7, 11) is -1.93. The number of hydrogen-bond acceptors (Lipinski definition) is 4. The minimum Gasteiger partial charge on any atom is -0.307 e. The molecule has 3 aromatic rings. The molecule has 0 saturated carbocycles. The molecular formula is C21H24N4O3S. The van der Waals surface area contributed by atoms with Crippen LogP contribution in [0.4, 0.5) is 5.82 Å². The SMILES string of the molecule is CCN(Cc1ccccc1)S(=O)(=O)c1ccc(C(=O)Nc2cc(C)nn2C)cc1. The van der Waals surface area contributed by atoms with Crippen LogP contribution in [0.1, 0.15) is 28.5 Å². The van der Waals surface area contributed by atoms with Crippen molar-refractivity contribution in [1.29, 1.82) is 0 Å². The van der Waals surface area contributed by atoms with E-state index in [0.717, 1.165) is 11.3 Å². The fourth-order valence-corrected chi connectivity index (χ4v) is 4.43. The maximum absolute atomic E-state index is 13.0. The number of carbonyl (C=O) groups excluding carboxylic acids is 1. The molecule has 0 atom stereocenters. The zero-order valence-corrected chi connectivity index (χ0v) is 17.5. The van der Waals surface area contributed by atoms with Crippen LogP contribution in [-0.4, -0.2) is 35.0 Å². The van der Waals surface area contributed by atoms with E-state index in [1.165, 1.54) is 28.6 Å². The number of nitrogens with zero attached hydrogens (tertiary/aromatic N) is 3. The smallest absolute Gasteiger partial charge is 0.256 e. The predicted molar refractivity (Wildman–Crippen MR) is 112 cm³/mol. The number of benzene rings is 2. The first-order valence-electron chi connectivity index (χ1n) is 9.27. The molecule has 1 N–H and O–H groups in total. The van der Waals surface area contributed by atoms with Gasteiger partial charge in [-0.25, -0.2) is 8.42 Å². The lowest BCUT2D eigenvalue weighted by Crippen LogP contribution is -2.30. The van der Waals surface area contributed by atoms with Gasteiger partial charge in [0.1, 0.15) is 5.82 Å². The number of anilines is 1. The van der Waals surface area contributed by atoms with Crippen molar-refractivity contribution in [3.05, 3.63) is 77.5 Å². The van der Waals surface area contributed by atoms with Crippen LogP contribution in [-0.2, 0) is 23.6 Å². The monoisotopic (exact) mass is 412 g/mol. The van der Waals surface area contributed by atoms with E-state index in [-0.39, 0.29) is 10.8 Å². The van der Waals surface area contributed by atoms with Gasteiger partial charge in [0.25, 0.3) is 5.91 Å². The van der Waals surface area contributed by atoms with Gasteiger partial charge in [0.15, 0.2) is 0 Å². The van der Waals surface area contributed by atoms with Crippen LogP contribution >= 0.6 is 0 Å². The number of rotatable bonds is 7. The van der Waals surface area contributed by atoms with Crippen LogP contribution in [0.2, 0.25) is 0 Å². The van der Waals surface area contributed by atoms with Crippen molar-refractivity contribution in [2.75, 3.05) is 11.9 Å². The Morgan fingerprint density at radius 3 is 2.31 bits per heavy atom. The standard InChI is InChI=1S/C21H24N4O3S/c1-4-25(15-17-8-6-5-7-9-17)29(27,28)19-12-10-18(11-13-19)21(26)22-20-14-16(2)23-24(20)3/h5-14H,4,15H2,1-3H3,(H,22,26). The number of carbonyl (C=O) groups is 1. The second-order valence-electron chi connectivity index (χ2n) is 6.69. The van der Waals surface area contributed by atoms with Crippen LogP contribution in [0.25, 0.3) is 0 Å². The molecule has 0 fully saturated rings. The van der Waals surface area contributed by atoms with Crippen molar-refractivity contribution in [3.63, 3.8) is 0 Å². The molecule has 2 aromatic carbocycles. The summed E-state index contributed by atoms with van der Waals surface area (Å²) < 4.78 is 29.0. The highest BCUT2D eigenvalue weighted by atomic mass is 32.2. The predicted octanol–water partition coefficient (Wildman–Crippen LogP) is 3.19. The zero-order valence-electron chi connectivity index (χ0n) is 16.7. The molecule has 3 rings (SSSR count). The molecule has 0 aliphatic carbocycles. The second kappa shape index (κ2) is 8.59. The Labute approximate surface area is 171 Å². The number of aromatic nitrogens is 2. The molecule has 0 saturated heterocycles. The summed E-state index contributed by atoms with van der Waals surface area (Å²) in [6, 6.07) is 17.2. The molecule has 0 unspecified atom stereocenters. The molecule has 152 valence electrons. The number of sulfonamides is 1. The van der Waals surface area contributed by atoms with Gasteiger partial charge in [-0.3, -0.25) is 9.48 Å². The largest absolute Gasteiger partial charge is 0.307 e. The minimum absolute atomic E-state index is 0.156. The number of nitrogens with one attached hydrogen (secondary N) is 1. The molecule has 7 nitrogen and oxygen atoms in total. The van der Waals surface area contributed by atoms with Crippen molar-refractivity contribution in [3.8, 4) is 0 Å². The topological polar surface area (TPSA) is 84.3 Å². The van der Waals surface area contributed by atoms with E-state index in [1.54, 1.807) is 24.7 Å². The second-order valence-corrected chi connectivity index (χ2v) is 8.63. The van der Waals surface area contributed by atoms with E-state index >= 15 is 0 Å². The van der Waals surface area contributed by atoms with Crippen molar-refractivity contribution in [2.45, 2.75) is 25.3 Å². The molecule has 0 spiro atoms. The first-order valence-corrected chi connectivity index (χ1v) is 10.7. The number of amides is 1. The van der Waals surface area contributed by atoms with Gasteiger partial charge in [-0.05, 0) is 36.8 Å². The highest BCUT2D eigenvalue weighted by Gasteiger charge is 2.23. The fourth-order valence-electron chi connectivity index (χ4n) is 3.00. The summed E-state index contributed by atoms with van der Waals surface area (Å²) in [6.07, 6.45) is 0. The average Bonchev–Trinajstić information content (AvgIpc) is 3.03. The Balaban J connectivity index is 1.77. The highest BCUT2D eigenvalue weighted by Crippen LogP contribution is 2.19. The summed E-state index contributed by atoms with van der Waals surface area (Å²) in [4.78, 5) is 12.6.